The number of hydrogen-bond acceptors (Lipinski definition) is 3. The molecule has 0 aliphatic heterocycles. The lowest BCUT2D eigenvalue weighted by molar-refractivity contribution is -0.119. The van der Waals surface area contributed by atoms with Crippen LogP contribution >= 0.6 is 0 Å². The molecule has 100 valence electrons. The number of amides is 1. The van der Waals surface area contributed by atoms with Gasteiger partial charge in [-0.15, -0.1) is 0 Å². The van der Waals surface area contributed by atoms with Crippen LogP contribution in [0, 0.1) is 0 Å². The molecule has 5 heteroatoms. The van der Waals surface area contributed by atoms with Crippen LogP contribution in [0.15, 0.2) is 43.0 Å². The number of rotatable bonds is 6. The van der Waals surface area contributed by atoms with Crippen LogP contribution in [0.4, 0.5) is 5.69 Å². The van der Waals surface area contributed by atoms with Gasteiger partial charge in [0.25, 0.3) is 0 Å². The molecular formula is C14H18N4O. The van der Waals surface area contributed by atoms with Gasteiger partial charge < -0.3 is 5.32 Å². The first-order valence-electron chi connectivity index (χ1n) is 6.51. The van der Waals surface area contributed by atoms with Crippen molar-refractivity contribution in [2.75, 3.05) is 5.32 Å². The molecule has 1 N–H and O–H groups in total. The molecule has 1 unspecified atom stereocenters. The lowest BCUT2D eigenvalue weighted by Gasteiger charge is -2.16. The van der Waals surface area contributed by atoms with Gasteiger partial charge in [0.2, 0.25) is 5.91 Å². The average Bonchev–Trinajstić information content (AvgIpc) is 2.94. The predicted octanol–water partition coefficient (Wildman–Crippen LogP) is 2.65. The summed E-state index contributed by atoms with van der Waals surface area (Å²) in [6.45, 7) is 2.10. The molecule has 0 aliphatic rings. The van der Waals surface area contributed by atoms with Crippen LogP contribution in [-0.4, -0.2) is 20.7 Å². The van der Waals surface area contributed by atoms with Gasteiger partial charge in [-0.1, -0.05) is 38.0 Å². The smallest absolute Gasteiger partial charge is 0.249 e. The number of benzene rings is 1. The van der Waals surface area contributed by atoms with Crippen molar-refractivity contribution in [2.24, 2.45) is 0 Å². The van der Waals surface area contributed by atoms with E-state index in [9.17, 15) is 4.79 Å². The minimum atomic E-state index is -0.303. The molecule has 0 saturated carbocycles. The van der Waals surface area contributed by atoms with E-state index in [1.807, 2.05) is 30.3 Å². The standard InChI is InChI=1S/C14H18N4O/c1-2-3-9-13(18-11-15-10-16-18)14(19)17-12-7-5-4-6-8-12/h4-8,10-11,13H,2-3,9H2,1H3,(H,17,19). The van der Waals surface area contributed by atoms with Crippen LogP contribution in [0.1, 0.15) is 32.2 Å². The molecule has 0 saturated heterocycles. The Balaban J connectivity index is 2.07. The second-order valence-corrected chi connectivity index (χ2v) is 4.39. The summed E-state index contributed by atoms with van der Waals surface area (Å²) < 4.78 is 1.62. The molecule has 1 heterocycles. The number of para-hydroxylation sites is 1. The third-order valence-electron chi connectivity index (χ3n) is 2.93. The van der Waals surface area contributed by atoms with Crippen molar-refractivity contribution in [1.29, 1.82) is 0 Å². The summed E-state index contributed by atoms with van der Waals surface area (Å²) in [4.78, 5) is 16.2. The minimum absolute atomic E-state index is 0.0508. The molecule has 5 nitrogen and oxygen atoms in total. The zero-order valence-corrected chi connectivity index (χ0v) is 11.0. The second kappa shape index (κ2) is 6.68. The Bertz CT molecular complexity index is 495. The number of nitrogens with one attached hydrogen (secondary N) is 1. The zero-order valence-electron chi connectivity index (χ0n) is 11.0. The molecule has 1 amide bonds. The van der Waals surface area contributed by atoms with Gasteiger partial charge in [-0.2, -0.15) is 5.10 Å². The van der Waals surface area contributed by atoms with E-state index in [0.717, 1.165) is 24.9 Å². The van der Waals surface area contributed by atoms with Gasteiger partial charge >= 0.3 is 0 Å². The maximum Gasteiger partial charge on any atom is 0.249 e. The van der Waals surface area contributed by atoms with E-state index in [4.69, 9.17) is 0 Å². The summed E-state index contributed by atoms with van der Waals surface area (Å²) >= 11 is 0. The monoisotopic (exact) mass is 258 g/mol. The fourth-order valence-electron chi connectivity index (χ4n) is 1.91. The lowest BCUT2D eigenvalue weighted by atomic mass is 10.1. The van der Waals surface area contributed by atoms with E-state index >= 15 is 0 Å². The zero-order chi connectivity index (χ0) is 13.5. The van der Waals surface area contributed by atoms with Crippen LogP contribution in [0.3, 0.4) is 0 Å². The van der Waals surface area contributed by atoms with Gasteiger partial charge in [0.05, 0.1) is 0 Å². The van der Waals surface area contributed by atoms with Crippen molar-refractivity contribution in [3.05, 3.63) is 43.0 Å². The highest BCUT2D eigenvalue weighted by Gasteiger charge is 2.20. The van der Waals surface area contributed by atoms with E-state index in [1.54, 1.807) is 11.0 Å². The third kappa shape index (κ3) is 3.64. The molecule has 2 rings (SSSR count). The highest BCUT2D eigenvalue weighted by atomic mass is 16.2. The van der Waals surface area contributed by atoms with Gasteiger partial charge in [0.1, 0.15) is 18.7 Å². The van der Waals surface area contributed by atoms with Gasteiger partial charge in [-0.3, -0.25) is 4.79 Å². The Labute approximate surface area is 112 Å². The number of carbonyl (C=O) groups is 1. The molecule has 0 radical (unpaired) electrons. The predicted molar refractivity (Wildman–Crippen MR) is 73.7 cm³/mol. The van der Waals surface area contributed by atoms with Gasteiger partial charge in [0, 0.05) is 5.69 Å². The molecule has 0 fully saturated rings. The fraction of sp³-hybridized carbons (Fsp3) is 0.357. The maximum atomic E-state index is 12.3. The molecule has 0 bridgehead atoms. The average molecular weight is 258 g/mol. The van der Waals surface area contributed by atoms with Crippen LogP contribution in [-0.2, 0) is 4.79 Å². The molecule has 0 spiro atoms. The van der Waals surface area contributed by atoms with Crippen LogP contribution < -0.4 is 5.32 Å². The molecule has 1 aromatic heterocycles. The van der Waals surface area contributed by atoms with E-state index in [1.165, 1.54) is 6.33 Å². The number of carbonyl (C=O) groups excluding carboxylic acids is 1. The van der Waals surface area contributed by atoms with Crippen LogP contribution in [0.25, 0.3) is 0 Å². The van der Waals surface area contributed by atoms with Gasteiger partial charge in [0.15, 0.2) is 0 Å². The summed E-state index contributed by atoms with van der Waals surface area (Å²) in [5.74, 6) is -0.0508. The summed E-state index contributed by atoms with van der Waals surface area (Å²) in [5, 5.41) is 6.99. The minimum Gasteiger partial charge on any atom is -0.324 e. The summed E-state index contributed by atoms with van der Waals surface area (Å²) in [6, 6.07) is 9.15. The Morgan fingerprint density at radius 3 is 2.79 bits per heavy atom. The largest absolute Gasteiger partial charge is 0.324 e. The first kappa shape index (κ1) is 13.3. The highest BCUT2D eigenvalue weighted by molar-refractivity contribution is 5.93. The highest BCUT2D eigenvalue weighted by Crippen LogP contribution is 2.16. The molecule has 2 aromatic rings. The van der Waals surface area contributed by atoms with Crippen molar-refractivity contribution in [3.63, 3.8) is 0 Å². The summed E-state index contributed by atoms with van der Waals surface area (Å²) in [5.41, 5.74) is 0.800. The number of anilines is 1. The third-order valence-corrected chi connectivity index (χ3v) is 2.93. The van der Waals surface area contributed by atoms with Crippen molar-refractivity contribution >= 4 is 11.6 Å². The number of hydrogen-bond donors (Lipinski definition) is 1. The molecular weight excluding hydrogens is 240 g/mol. The first-order chi connectivity index (χ1) is 9.31. The van der Waals surface area contributed by atoms with E-state index < -0.39 is 0 Å². The fourth-order valence-corrected chi connectivity index (χ4v) is 1.91. The van der Waals surface area contributed by atoms with Crippen molar-refractivity contribution in [2.45, 2.75) is 32.2 Å². The first-order valence-corrected chi connectivity index (χ1v) is 6.51. The van der Waals surface area contributed by atoms with Gasteiger partial charge in [-0.25, -0.2) is 9.67 Å². The quantitative estimate of drug-likeness (QED) is 0.866. The molecule has 0 aliphatic carbocycles. The second-order valence-electron chi connectivity index (χ2n) is 4.39. The Morgan fingerprint density at radius 2 is 2.16 bits per heavy atom. The summed E-state index contributed by atoms with van der Waals surface area (Å²) in [7, 11) is 0. The van der Waals surface area contributed by atoms with Gasteiger partial charge in [-0.05, 0) is 18.6 Å². The normalized spacial score (nSPS) is 12.1. The van der Waals surface area contributed by atoms with Crippen LogP contribution in [0.2, 0.25) is 0 Å². The number of unbranched alkanes of at least 4 members (excludes halogenated alkanes) is 1. The molecule has 19 heavy (non-hydrogen) atoms. The molecule has 1 aromatic carbocycles. The van der Waals surface area contributed by atoms with E-state index in [-0.39, 0.29) is 11.9 Å². The number of aromatic nitrogens is 3. The van der Waals surface area contributed by atoms with Crippen molar-refractivity contribution in [3.8, 4) is 0 Å². The SMILES string of the molecule is CCCCC(C(=O)Nc1ccccc1)n1cncn1. The lowest BCUT2D eigenvalue weighted by Crippen LogP contribution is -2.26. The maximum absolute atomic E-state index is 12.3. The summed E-state index contributed by atoms with van der Waals surface area (Å²) in [6.07, 6.45) is 5.83. The Morgan fingerprint density at radius 1 is 1.37 bits per heavy atom. The van der Waals surface area contributed by atoms with E-state index in [0.29, 0.717) is 0 Å². The molecule has 1 atom stereocenters. The Hall–Kier alpha value is -2.17. The topological polar surface area (TPSA) is 59.8 Å². The Kier molecular flexibility index (Phi) is 4.66. The van der Waals surface area contributed by atoms with Crippen molar-refractivity contribution in [1.82, 2.24) is 14.8 Å². The van der Waals surface area contributed by atoms with E-state index in [2.05, 4.69) is 22.3 Å². The van der Waals surface area contributed by atoms with Crippen molar-refractivity contribution < 1.29 is 4.79 Å². The van der Waals surface area contributed by atoms with Crippen LogP contribution in [0.5, 0.6) is 0 Å². The number of nitrogens with zero attached hydrogens (tertiary/aromatic N) is 3.